The van der Waals surface area contributed by atoms with Crippen LogP contribution < -0.4 is 0 Å². The van der Waals surface area contributed by atoms with Gasteiger partial charge in [0, 0.05) is 42.1 Å². The number of likely N-dealkylation sites (tertiary alicyclic amines) is 1. The summed E-state index contributed by atoms with van der Waals surface area (Å²) in [6.07, 6.45) is 4.12. The van der Waals surface area contributed by atoms with E-state index in [4.69, 9.17) is 11.6 Å². The number of rotatable bonds is 9. The van der Waals surface area contributed by atoms with E-state index in [1.165, 1.54) is 24.3 Å². The number of nitrogens with zero attached hydrogens (tertiary/aromatic N) is 1. The largest absolute Gasteiger partial charge is 0.385 e. The van der Waals surface area contributed by atoms with Gasteiger partial charge in [0.25, 0.3) is 0 Å². The highest BCUT2D eigenvalue weighted by Crippen LogP contribution is 2.33. The second-order valence-corrected chi connectivity index (χ2v) is 9.89. The van der Waals surface area contributed by atoms with E-state index in [9.17, 15) is 19.1 Å². The molecule has 0 saturated carbocycles. The molecule has 0 spiro atoms. The molecule has 1 saturated heterocycles. The molecule has 0 aliphatic carbocycles. The summed E-state index contributed by atoms with van der Waals surface area (Å²) in [5.74, 6) is -0.0455. The Morgan fingerprint density at radius 2 is 1.43 bits per heavy atom. The molecule has 37 heavy (non-hydrogen) atoms. The van der Waals surface area contributed by atoms with Crippen molar-refractivity contribution in [3.63, 3.8) is 0 Å². The highest BCUT2D eigenvalue weighted by atomic mass is 35.5. The Kier molecular flexibility index (Phi) is 11.0. The summed E-state index contributed by atoms with van der Waals surface area (Å²) >= 11 is 5.92. The minimum absolute atomic E-state index is 0.0414. The molecule has 0 unspecified atom stereocenters. The van der Waals surface area contributed by atoms with E-state index in [-0.39, 0.29) is 17.4 Å². The van der Waals surface area contributed by atoms with Crippen molar-refractivity contribution in [2.24, 2.45) is 0 Å². The van der Waals surface area contributed by atoms with Crippen molar-refractivity contribution in [1.29, 1.82) is 0 Å². The molecule has 4 nitrogen and oxygen atoms in total. The Bertz CT molecular complexity index is 1130. The van der Waals surface area contributed by atoms with E-state index < -0.39 is 5.60 Å². The number of benzene rings is 3. The summed E-state index contributed by atoms with van der Waals surface area (Å²) < 4.78 is 12.9. The second kappa shape index (κ2) is 14.2. The van der Waals surface area contributed by atoms with Crippen molar-refractivity contribution in [2.75, 3.05) is 19.6 Å². The molecule has 0 aromatic heterocycles. The lowest BCUT2D eigenvalue weighted by molar-refractivity contribution is -0.0260. The molecular weight excluding hydrogens is 489 g/mol. The Balaban J connectivity index is 0.000000289. The van der Waals surface area contributed by atoms with Crippen LogP contribution in [0.4, 0.5) is 4.39 Å². The maximum Gasteiger partial charge on any atom is 0.162 e. The van der Waals surface area contributed by atoms with Gasteiger partial charge in [0.15, 0.2) is 11.6 Å². The molecule has 196 valence electrons. The fourth-order valence-electron chi connectivity index (χ4n) is 4.43. The molecule has 0 bridgehead atoms. The van der Waals surface area contributed by atoms with Crippen LogP contribution in [0.15, 0.2) is 78.9 Å². The average molecular weight is 524 g/mol. The summed E-state index contributed by atoms with van der Waals surface area (Å²) in [6, 6.07) is 22.5. The number of Topliss-reactive ketones (excluding diaryl/α,β-unsaturated/α-hetero) is 2. The fourth-order valence-corrected chi connectivity index (χ4v) is 4.56. The SMILES string of the molecule is CCCC(=O)c1ccccc1.O=C(CCCN1CCC(O)(c2ccc(Cl)cc2)CC1)c1ccc(F)cc1. The molecule has 0 radical (unpaired) electrons. The summed E-state index contributed by atoms with van der Waals surface area (Å²) in [5, 5.41) is 11.5. The zero-order chi connectivity index (χ0) is 26.7. The van der Waals surface area contributed by atoms with Gasteiger partial charge in [0.1, 0.15) is 5.82 Å². The first-order chi connectivity index (χ1) is 17.8. The van der Waals surface area contributed by atoms with Crippen molar-refractivity contribution in [1.82, 2.24) is 4.90 Å². The van der Waals surface area contributed by atoms with Crippen LogP contribution in [-0.4, -0.2) is 41.2 Å². The highest BCUT2D eigenvalue weighted by Gasteiger charge is 2.33. The number of carbonyl (C=O) groups is 2. The fraction of sp³-hybridized carbons (Fsp3) is 0.355. The van der Waals surface area contributed by atoms with Gasteiger partial charge in [-0.05, 0) is 74.2 Å². The third-order valence-corrected chi connectivity index (χ3v) is 6.93. The molecule has 4 rings (SSSR count). The van der Waals surface area contributed by atoms with E-state index in [1.54, 1.807) is 0 Å². The topological polar surface area (TPSA) is 57.6 Å². The van der Waals surface area contributed by atoms with Crippen LogP contribution in [-0.2, 0) is 5.60 Å². The van der Waals surface area contributed by atoms with Crippen LogP contribution in [0.25, 0.3) is 0 Å². The van der Waals surface area contributed by atoms with Crippen LogP contribution in [0.3, 0.4) is 0 Å². The zero-order valence-corrected chi connectivity index (χ0v) is 22.1. The molecule has 1 N–H and O–H groups in total. The maximum atomic E-state index is 12.9. The zero-order valence-electron chi connectivity index (χ0n) is 21.3. The standard InChI is InChI=1S/C21H23ClFNO2.C10H12O/c22-18-7-5-17(6-8-18)21(26)11-14-24(15-12-21)13-1-2-20(25)16-3-9-19(23)10-4-16;1-2-6-10(11)9-7-4-3-5-8-9/h3-10,26H,1-2,11-15H2;3-5,7-8H,2,6H2,1H3. The van der Waals surface area contributed by atoms with Gasteiger partial charge >= 0.3 is 0 Å². The Morgan fingerprint density at radius 3 is 2.03 bits per heavy atom. The molecule has 0 amide bonds. The van der Waals surface area contributed by atoms with Crippen molar-refractivity contribution in [3.05, 3.63) is 106 Å². The third-order valence-electron chi connectivity index (χ3n) is 6.68. The van der Waals surface area contributed by atoms with E-state index in [0.29, 0.717) is 36.3 Å². The normalized spacial score (nSPS) is 14.9. The molecule has 1 fully saturated rings. The summed E-state index contributed by atoms with van der Waals surface area (Å²) in [6.45, 7) is 4.43. The molecule has 6 heteroatoms. The van der Waals surface area contributed by atoms with Crippen LogP contribution in [0.2, 0.25) is 5.02 Å². The number of carbonyl (C=O) groups excluding carboxylic acids is 2. The molecular formula is C31H35ClFNO3. The monoisotopic (exact) mass is 523 g/mol. The van der Waals surface area contributed by atoms with Crippen molar-refractivity contribution in [3.8, 4) is 0 Å². The maximum absolute atomic E-state index is 12.9. The Morgan fingerprint density at radius 1 is 0.865 bits per heavy atom. The van der Waals surface area contributed by atoms with Crippen molar-refractivity contribution < 1.29 is 19.1 Å². The highest BCUT2D eigenvalue weighted by molar-refractivity contribution is 6.30. The number of piperidine rings is 1. The summed E-state index contributed by atoms with van der Waals surface area (Å²) in [7, 11) is 0. The second-order valence-electron chi connectivity index (χ2n) is 9.45. The minimum Gasteiger partial charge on any atom is -0.385 e. The van der Waals surface area contributed by atoms with Crippen molar-refractivity contribution >= 4 is 23.2 Å². The van der Waals surface area contributed by atoms with Gasteiger partial charge in [-0.3, -0.25) is 9.59 Å². The third kappa shape index (κ3) is 8.89. The van der Waals surface area contributed by atoms with Gasteiger partial charge in [-0.25, -0.2) is 4.39 Å². The van der Waals surface area contributed by atoms with Gasteiger partial charge in [-0.15, -0.1) is 0 Å². The average Bonchev–Trinajstić information content (AvgIpc) is 2.91. The van der Waals surface area contributed by atoms with E-state index in [2.05, 4.69) is 4.90 Å². The van der Waals surface area contributed by atoms with Gasteiger partial charge in [-0.1, -0.05) is 61.0 Å². The lowest BCUT2D eigenvalue weighted by Crippen LogP contribution is -2.42. The van der Waals surface area contributed by atoms with Crippen LogP contribution in [0.1, 0.15) is 71.7 Å². The lowest BCUT2D eigenvalue weighted by atomic mass is 9.84. The quantitative estimate of drug-likeness (QED) is 0.304. The summed E-state index contributed by atoms with van der Waals surface area (Å²) in [5.41, 5.74) is 1.50. The predicted octanol–water partition coefficient (Wildman–Crippen LogP) is 7.10. The molecule has 0 atom stereocenters. The number of ketones is 2. The molecule has 1 heterocycles. The van der Waals surface area contributed by atoms with Gasteiger partial charge in [0.05, 0.1) is 5.60 Å². The first kappa shape index (κ1) is 28.7. The van der Waals surface area contributed by atoms with Gasteiger partial charge in [0.2, 0.25) is 0 Å². The number of halogens is 2. The van der Waals surface area contributed by atoms with Gasteiger partial charge in [-0.2, -0.15) is 0 Å². The lowest BCUT2D eigenvalue weighted by Gasteiger charge is -2.38. The smallest absolute Gasteiger partial charge is 0.162 e. The van der Waals surface area contributed by atoms with E-state index >= 15 is 0 Å². The molecule has 3 aromatic carbocycles. The van der Waals surface area contributed by atoms with E-state index in [1.807, 2.05) is 61.5 Å². The predicted molar refractivity (Wildman–Crippen MR) is 147 cm³/mol. The Hall–Kier alpha value is -2.86. The number of hydrogen-bond donors (Lipinski definition) is 1. The number of aliphatic hydroxyl groups is 1. The molecule has 1 aliphatic heterocycles. The minimum atomic E-state index is -0.801. The molecule has 1 aliphatic rings. The van der Waals surface area contributed by atoms with Crippen LogP contribution >= 0.6 is 11.6 Å². The van der Waals surface area contributed by atoms with Crippen LogP contribution in [0.5, 0.6) is 0 Å². The first-order valence-electron chi connectivity index (χ1n) is 12.9. The summed E-state index contributed by atoms with van der Waals surface area (Å²) in [4.78, 5) is 25.6. The molecule has 3 aromatic rings. The Labute approximate surface area is 224 Å². The van der Waals surface area contributed by atoms with Crippen molar-refractivity contribution in [2.45, 2.75) is 51.0 Å². The van der Waals surface area contributed by atoms with Gasteiger partial charge < -0.3 is 10.0 Å². The number of hydrogen-bond acceptors (Lipinski definition) is 4. The van der Waals surface area contributed by atoms with E-state index in [0.717, 1.165) is 43.6 Å². The van der Waals surface area contributed by atoms with Crippen LogP contribution in [0, 0.1) is 5.82 Å². The first-order valence-corrected chi connectivity index (χ1v) is 13.3.